The first-order chi connectivity index (χ1) is 34.4. The molecule has 0 aliphatic heterocycles. The van der Waals surface area contributed by atoms with Gasteiger partial charge in [0.2, 0.25) is 0 Å². The average Bonchev–Trinajstić information content (AvgIpc) is 4.09. The zero-order valence-corrected chi connectivity index (χ0v) is 39.0. The molecule has 3 aliphatic carbocycles. The third-order valence-electron chi connectivity index (χ3n) is 13.7. The fraction of sp³-hybridized carbons (Fsp3) is 0.0952. The van der Waals surface area contributed by atoms with Crippen LogP contribution in [0.3, 0.4) is 0 Å². The van der Waals surface area contributed by atoms with E-state index in [4.69, 9.17) is 14.2 Å². The number of esters is 3. The lowest BCUT2D eigenvalue weighted by Gasteiger charge is -2.12. The largest absolute Gasteiger partial charge is 0.426 e. The van der Waals surface area contributed by atoms with Crippen molar-refractivity contribution >= 4 is 28.8 Å². The van der Waals surface area contributed by atoms with E-state index >= 15 is 0 Å². The third-order valence-corrected chi connectivity index (χ3v) is 16.0. The summed E-state index contributed by atoms with van der Waals surface area (Å²) in [6, 6.07) is 66.5. The summed E-state index contributed by atoms with van der Waals surface area (Å²) in [6.07, 6.45) is 2.90. The number of fused-ring (bicyclic) bond motifs is 9. The highest BCUT2D eigenvalue weighted by Gasteiger charge is 2.31. The normalized spacial score (nSPS) is 12.3. The number of benzene rings is 9. The third kappa shape index (κ3) is 8.39. The Bertz CT molecular complexity index is 3150. The fourth-order valence-corrected chi connectivity index (χ4v) is 12.5. The van der Waals surface area contributed by atoms with Gasteiger partial charge in [-0.2, -0.15) is 0 Å². The SMILES string of the molecule is O=C(Cc1cccc2c1Cc1ccccc1-2)Oc1ccc([S+](c2ccc(OC(=O)Cc3cccc4c3Cc3ccccc3-4)cc2)c2ccc(OC(=O)Cc3cccc4c3Cc3ccccc3-4)cc2)cc1. The van der Waals surface area contributed by atoms with E-state index in [1.54, 1.807) is 0 Å². The van der Waals surface area contributed by atoms with Crippen molar-refractivity contribution < 1.29 is 28.6 Å². The van der Waals surface area contributed by atoms with Gasteiger partial charge in [0.1, 0.15) is 17.2 Å². The van der Waals surface area contributed by atoms with Crippen LogP contribution in [0.25, 0.3) is 33.4 Å². The Kier molecular flexibility index (Phi) is 11.3. The first-order valence-electron chi connectivity index (χ1n) is 23.6. The van der Waals surface area contributed by atoms with Gasteiger partial charge in [0.15, 0.2) is 14.7 Å². The molecule has 3 aliphatic rings. The highest BCUT2D eigenvalue weighted by Crippen LogP contribution is 2.41. The van der Waals surface area contributed by atoms with Crippen molar-refractivity contribution in [2.24, 2.45) is 0 Å². The second kappa shape index (κ2) is 18.3. The van der Waals surface area contributed by atoms with Crippen LogP contribution in [0.4, 0.5) is 0 Å². The van der Waals surface area contributed by atoms with Crippen molar-refractivity contribution in [3.8, 4) is 50.6 Å². The van der Waals surface area contributed by atoms with Gasteiger partial charge in [-0.05, 0) is 176 Å². The molecule has 0 aromatic heterocycles. The van der Waals surface area contributed by atoms with E-state index in [1.807, 2.05) is 109 Å². The molecule has 0 amide bonds. The van der Waals surface area contributed by atoms with E-state index in [0.717, 1.165) is 50.6 Å². The molecular formula is C63H45O6S+. The summed E-state index contributed by atoms with van der Waals surface area (Å²) in [6.45, 7) is 0. The van der Waals surface area contributed by atoms with Crippen LogP contribution in [0, 0.1) is 0 Å². The molecule has 9 aromatic rings. The number of ether oxygens (including phenoxy) is 3. The van der Waals surface area contributed by atoms with E-state index in [-0.39, 0.29) is 37.2 Å². The van der Waals surface area contributed by atoms with Gasteiger partial charge in [-0.25, -0.2) is 0 Å². The second-order valence-corrected chi connectivity index (χ2v) is 20.0. The summed E-state index contributed by atoms with van der Waals surface area (Å²) in [5.74, 6) is 0.398. The van der Waals surface area contributed by atoms with Crippen molar-refractivity contribution in [3.63, 3.8) is 0 Å². The number of carbonyl (C=O) groups is 3. The molecule has 9 aromatic carbocycles. The van der Waals surface area contributed by atoms with Gasteiger partial charge in [0.05, 0.1) is 30.2 Å². The summed E-state index contributed by atoms with van der Waals surface area (Å²) in [7, 11) is -0.652. The maximum Gasteiger partial charge on any atom is 0.315 e. The molecule has 0 saturated carbocycles. The minimum Gasteiger partial charge on any atom is -0.426 e. The van der Waals surface area contributed by atoms with Crippen LogP contribution >= 0.6 is 0 Å². The molecule has 0 saturated heterocycles. The molecule has 6 nitrogen and oxygen atoms in total. The molecule has 0 fully saturated rings. The number of rotatable bonds is 12. The molecule has 338 valence electrons. The van der Waals surface area contributed by atoms with Gasteiger partial charge < -0.3 is 14.2 Å². The van der Waals surface area contributed by atoms with Gasteiger partial charge in [0.25, 0.3) is 0 Å². The van der Waals surface area contributed by atoms with Crippen molar-refractivity contribution in [3.05, 3.63) is 250 Å². The summed E-state index contributed by atoms with van der Waals surface area (Å²) >= 11 is 0. The Morgan fingerprint density at radius 2 is 0.586 bits per heavy atom. The minimum absolute atomic E-state index is 0.167. The van der Waals surface area contributed by atoms with Gasteiger partial charge in [0, 0.05) is 0 Å². The van der Waals surface area contributed by atoms with Crippen LogP contribution in [0.1, 0.15) is 50.1 Å². The lowest BCUT2D eigenvalue weighted by molar-refractivity contribution is -0.134. The van der Waals surface area contributed by atoms with E-state index in [1.165, 1.54) is 66.8 Å². The highest BCUT2D eigenvalue weighted by molar-refractivity contribution is 7.97. The zero-order chi connectivity index (χ0) is 47.1. The maximum atomic E-state index is 13.4. The topological polar surface area (TPSA) is 78.9 Å². The highest BCUT2D eigenvalue weighted by atomic mass is 32.2. The molecule has 0 atom stereocenters. The minimum atomic E-state index is -0.652. The molecule has 0 radical (unpaired) electrons. The lowest BCUT2D eigenvalue weighted by atomic mass is 9.99. The quantitative estimate of drug-likeness (QED) is 0.0690. The van der Waals surface area contributed by atoms with Gasteiger partial charge >= 0.3 is 17.9 Å². The number of carbonyl (C=O) groups excluding carboxylic acids is 3. The van der Waals surface area contributed by atoms with E-state index in [9.17, 15) is 14.4 Å². The number of hydrogen-bond acceptors (Lipinski definition) is 6. The predicted molar refractivity (Wildman–Crippen MR) is 274 cm³/mol. The van der Waals surface area contributed by atoms with Gasteiger partial charge in [-0.3, -0.25) is 14.4 Å². The molecule has 70 heavy (non-hydrogen) atoms. The molecule has 12 rings (SSSR count). The molecule has 7 heteroatoms. The molecule has 0 spiro atoms. The van der Waals surface area contributed by atoms with Crippen molar-refractivity contribution in [2.75, 3.05) is 0 Å². The first-order valence-corrected chi connectivity index (χ1v) is 24.8. The van der Waals surface area contributed by atoms with Gasteiger partial charge in [-0.15, -0.1) is 0 Å². The Labute approximate surface area is 409 Å². The summed E-state index contributed by atoms with van der Waals surface area (Å²) in [5.41, 5.74) is 17.5. The molecule has 0 heterocycles. The molecular weight excluding hydrogens is 885 g/mol. The first kappa shape index (κ1) is 43.0. The standard InChI is InChI=1S/C63H45O6S/c64-61(37-43-13-7-19-55-52-16-4-1-10-40(52)34-58(43)55)67-46-22-28-49(29-23-46)70(50-30-24-47(25-31-50)68-62(65)38-44-14-8-20-56-53-17-5-2-11-41(53)35-59(44)56)51-32-26-48(27-33-51)69-63(66)39-45-15-9-21-57-54-18-6-3-12-42(54)36-60(45)57/h1-33H,34-39H2/q+1. The maximum absolute atomic E-state index is 13.4. The monoisotopic (exact) mass is 929 g/mol. The van der Waals surface area contributed by atoms with Crippen molar-refractivity contribution in [1.29, 1.82) is 0 Å². The van der Waals surface area contributed by atoms with Crippen LogP contribution in [-0.2, 0) is 63.8 Å². The predicted octanol–water partition coefficient (Wildman–Crippen LogP) is 12.9. The van der Waals surface area contributed by atoms with Crippen LogP contribution in [0.5, 0.6) is 17.2 Å². The summed E-state index contributed by atoms with van der Waals surface area (Å²) in [5, 5.41) is 0. The van der Waals surface area contributed by atoms with Crippen LogP contribution in [0.2, 0.25) is 0 Å². The van der Waals surface area contributed by atoms with Crippen molar-refractivity contribution in [1.82, 2.24) is 0 Å². The summed E-state index contributed by atoms with van der Waals surface area (Å²) < 4.78 is 17.8. The van der Waals surface area contributed by atoms with E-state index in [0.29, 0.717) is 17.2 Å². The van der Waals surface area contributed by atoms with Crippen LogP contribution in [-0.4, -0.2) is 17.9 Å². The van der Waals surface area contributed by atoms with Crippen LogP contribution in [0.15, 0.2) is 215 Å². The molecule has 0 N–H and O–H groups in total. The fourth-order valence-electron chi connectivity index (χ4n) is 10.5. The number of hydrogen-bond donors (Lipinski definition) is 0. The summed E-state index contributed by atoms with van der Waals surface area (Å²) in [4.78, 5) is 43.2. The molecule has 0 bridgehead atoms. The Morgan fingerprint density at radius 3 is 0.886 bits per heavy atom. The average molecular weight is 930 g/mol. The lowest BCUT2D eigenvalue weighted by Crippen LogP contribution is -2.13. The zero-order valence-electron chi connectivity index (χ0n) is 38.2. The molecule has 0 unspecified atom stereocenters. The Hall–Kier alpha value is -8.26. The Balaban J connectivity index is 0.766. The van der Waals surface area contributed by atoms with Crippen LogP contribution < -0.4 is 14.2 Å². The smallest absolute Gasteiger partial charge is 0.315 e. The second-order valence-electron chi connectivity index (χ2n) is 18.0. The van der Waals surface area contributed by atoms with Gasteiger partial charge in [-0.1, -0.05) is 127 Å². The van der Waals surface area contributed by atoms with Crippen molar-refractivity contribution in [2.45, 2.75) is 53.2 Å². The Morgan fingerprint density at radius 1 is 0.314 bits per heavy atom. The van der Waals surface area contributed by atoms with E-state index in [2.05, 4.69) is 91.0 Å². The van der Waals surface area contributed by atoms with E-state index < -0.39 is 10.9 Å².